The third kappa shape index (κ3) is 6.64. The minimum atomic E-state index is 0.111. The maximum atomic E-state index is 10.5. The topological polar surface area (TPSA) is 81.3 Å². The van der Waals surface area contributed by atoms with Gasteiger partial charge in [0.15, 0.2) is 11.6 Å². The Bertz CT molecular complexity index is 1830. The quantitative estimate of drug-likeness (QED) is 0.131. The molecular formula is C37H39N3O3. The number of benzene rings is 4. The Labute approximate surface area is 252 Å². The lowest BCUT2D eigenvalue weighted by Crippen LogP contribution is -2.05. The molecule has 43 heavy (non-hydrogen) atoms. The summed E-state index contributed by atoms with van der Waals surface area (Å²) in [5.74, 6) is 0.954. The third-order valence-electron chi connectivity index (χ3n) is 8.11. The molecule has 6 aromatic rings. The molecule has 0 saturated carbocycles. The van der Waals surface area contributed by atoms with Gasteiger partial charge < -0.3 is 14.3 Å². The molecule has 0 spiro atoms. The number of para-hydroxylation sites is 1. The zero-order valence-electron chi connectivity index (χ0n) is 24.9. The number of hydrogen-bond acceptors (Lipinski definition) is 6. The maximum absolute atomic E-state index is 10.5. The third-order valence-corrected chi connectivity index (χ3v) is 8.11. The van der Waals surface area contributed by atoms with Gasteiger partial charge in [-0.05, 0) is 47.5 Å². The summed E-state index contributed by atoms with van der Waals surface area (Å²) in [6.45, 7) is 2.80. The van der Waals surface area contributed by atoms with E-state index in [0.29, 0.717) is 23.8 Å². The minimum absolute atomic E-state index is 0.111. The molecule has 0 unspecified atom stereocenters. The van der Waals surface area contributed by atoms with Crippen LogP contribution in [0.2, 0.25) is 0 Å². The largest absolute Gasteiger partial charge is 0.507 e. The van der Waals surface area contributed by atoms with Gasteiger partial charge >= 0.3 is 6.01 Å². The first-order chi connectivity index (χ1) is 21.2. The summed E-state index contributed by atoms with van der Waals surface area (Å²) >= 11 is 0. The van der Waals surface area contributed by atoms with E-state index >= 15 is 0 Å². The molecule has 0 fully saturated rings. The Kier molecular flexibility index (Phi) is 9.12. The van der Waals surface area contributed by atoms with Crippen LogP contribution in [0.1, 0.15) is 71.1 Å². The molecule has 220 valence electrons. The van der Waals surface area contributed by atoms with Gasteiger partial charge in [-0.1, -0.05) is 113 Å². The smallest absolute Gasteiger partial charge is 0.320 e. The molecule has 0 radical (unpaired) electrons. The fraction of sp³-hybridized carbons (Fsp3) is 0.324. The van der Waals surface area contributed by atoms with Crippen LogP contribution >= 0.6 is 0 Å². The van der Waals surface area contributed by atoms with Crippen molar-refractivity contribution in [2.75, 3.05) is 6.61 Å². The number of ether oxygens (including phenoxy) is 1. The van der Waals surface area contributed by atoms with Crippen molar-refractivity contribution in [1.29, 1.82) is 0 Å². The second-order valence-electron chi connectivity index (χ2n) is 11.3. The standard InChI is InChI=1S/C37H39N3O3/c1-2-3-4-5-6-7-8-9-10-15-24-42-37-39-35(38-36(40-37)29-18-13-14-19-31(29)41)27-20-22-30-33(25-27)43-32-23-21-26-16-11-12-17-28(26)34(30)32/h11-14,16-23,25,41H,2-10,15,24H2,1H3. The summed E-state index contributed by atoms with van der Waals surface area (Å²) < 4.78 is 12.3. The lowest BCUT2D eigenvalue weighted by molar-refractivity contribution is 0.281. The van der Waals surface area contributed by atoms with E-state index in [1.54, 1.807) is 18.2 Å². The summed E-state index contributed by atoms with van der Waals surface area (Å²) in [7, 11) is 0. The highest BCUT2D eigenvalue weighted by atomic mass is 16.5. The number of unbranched alkanes of at least 4 members (excludes halogenated alkanes) is 9. The second-order valence-corrected chi connectivity index (χ2v) is 11.3. The molecule has 6 heteroatoms. The Hall–Kier alpha value is -4.45. The van der Waals surface area contributed by atoms with E-state index in [2.05, 4.69) is 47.2 Å². The Morgan fingerprint density at radius 3 is 2.19 bits per heavy atom. The summed E-state index contributed by atoms with van der Waals surface area (Å²) in [5, 5.41) is 15.0. The van der Waals surface area contributed by atoms with Crippen LogP contribution in [-0.2, 0) is 0 Å². The molecule has 4 aromatic carbocycles. The van der Waals surface area contributed by atoms with Crippen molar-refractivity contribution in [3.8, 4) is 34.5 Å². The number of hydrogen-bond donors (Lipinski definition) is 1. The number of phenols is 1. The molecular weight excluding hydrogens is 534 g/mol. The normalized spacial score (nSPS) is 11.6. The first-order valence-corrected chi connectivity index (χ1v) is 15.7. The van der Waals surface area contributed by atoms with Crippen molar-refractivity contribution in [2.24, 2.45) is 0 Å². The maximum Gasteiger partial charge on any atom is 0.320 e. The Morgan fingerprint density at radius 2 is 1.37 bits per heavy atom. The van der Waals surface area contributed by atoms with Crippen molar-refractivity contribution in [2.45, 2.75) is 71.1 Å². The van der Waals surface area contributed by atoms with Gasteiger partial charge in [-0.25, -0.2) is 4.98 Å². The highest BCUT2D eigenvalue weighted by Gasteiger charge is 2.16. The number of furan rings is 1. The van der Waals surface area contributed by atoms with Crippen LogP contribution in [0.25, 0.3) is 55.5 Å². The molecule has 0 bridgehead atoms. The predicted octanol–water partition coefficient (Wildman–Crippen LogP) is 10.3. The average Bonchev–Trinajstić information content (AvgIpc) is 3.42. The molecule has 1 N–H and O–H groups in total. The van der Waals surface area contributed by atoms with E-state index in [-0.39, 0.29) is 11.8 Å². The van der Waals surface area contributed by atoms with E-state index < -0.39 is 0 Å². The van der Waals surface area contributed by atoms with Crippen LogP contribution in [0.15, 0.2) is 83.3 Å². The van der Waals surface area contributed by atoms with Gasteiger partial charge in [0.1, 0.15) is 16.9 Å². The highest BCUT2D eigenvalue weighted by molar-refractivity contribution is 6.19. The molecule has 2 aromatic heterocycles. The lowest BCUT2D eigenvalue weighted by Gasteiger charge is -2.10. The second kappa shape index (κ2) is 13.7. The van der Waals surface area contributed by atoms with Crippen LogP contribution in [0.3, 0.4) is 0 Å². The molecule has 0 amide bonds. The molecule has 0 saturated heterocycles. The summed E-state index contributed by atoms with van der Waals surface area (Å²) in [6, 6.07) is 25.8. The molecule has 0 aliphatic heterocycles. The van der Waals surface area contributed by atoms with Crippen LogP contribution in [0.4, 0.5) is 0 Å². The van der Waals surface area contributed by atoms with Gasteiger partial charge in [0.2, 0.25) is 0 Å². The molecule has 0 aliphatic rings. The lowest BCUT2D eigenvalue weighted by atomic mass is 10.0. The van der Waals surface area contributed by atoms with Crippen LogP contribution in [0.5, 0.6) is 11.8 Å². The van der Waals surface area contributed by atoms with Gasteiger partial charge in [-0.2, -0.15) is 9.97 Å². The van der Waals surface area contributed by atoms with Crippen LogP contribution in [-0.4, -0.2) is 26.7 Å². The molecule has 6 rings (SSSR count). The SMILES string of the molecule is CCCCCCCCCCCCOc1nc(-c2ccc3c(c2)oc2ccc4ccccc4c23)nc(-c2ccccc2O)n1. The van der Waals surface area contributed by atoms with Crippen LogP contribution < -0.4 is 4.74 Å². The van der Waals surface area contributed by atoms with Crippen molar-refractivity contribution >= 4 is 32.7 Å². The van der Waals surface area contributed by atoms with Crippen molar-refractivity contribution in [3.05, 3.63) is 78.9 Å². The van der Waals surface area contributed by atoms with E-state index in [0.717, 1.165) is 45.7 Å². The number of fused-ring (bicyclic) bond motifs is 5. The zero-order valence-corrected chi connectivity index (χ0v) is 24.9. The molecule has 6 nitrogen and oxygen atoms in total. The zero-order chi connectivity index (χ0) is 29.4. The molecule has 2 heterocycles. The van der Waals surface area contributed by atoms with Crippen molar-refractivity contribution in [1.82, 2.24) is 15.0 Å². The number of phenolic OH excluding ortho intramolecular Hbond substituents is 1. The van der Waals surface area contributed by atoms with Crippen LogP contribution in [0, 0.1) is 0 Å². The summed E-state index contributed by atoms with van der Waals surface area (Å²) in [4.78, 5) is 14.0. The van der Waals surface area contributed by atoms with E-state index in [4.69, 9.17) is 14.1 Å². The number of aromatic hydroxyl groups is 1. The fourth-order valence-corrected chi connectivity index (χ4v) is 5.77. The number of rotatable bonds is 14. The highest BCUT2D eigenvalue weighted by Crippen LogP contribution is 2.36. The molecule has 0 aliphatic carbocycles. The van der Waals surface area contributed by atoms with Gasteiger partial charge in [0.25, 0.3) is 0 Å². The van der Waals surface area contributed by atoms with Gasteiger partial charge in [0, 0.05) is 16.3 Å². The van der Waals surface area contributed by atoms with Gasteiger partial charge in [-0.3, -0.25) is 0 Å². The van der Waals surface area contributed by atoms with E-state index in [1.807, 2.05) is 30.3 Å². The first kappa shape index (κ1) is 28.7. The minimum Gasteiger partial charge on any atom is -0.507 e. The Balaban J connectivity index is 1.21. The van der Waals surface area contributed by atoms with Crippen molar-refractivity contribution in [3.63, 3.8) is 0 Å². The van der Waals surface area contributed by atoms with Gasteiger partial charge in [0.05, 0.1) is 12.2 Å². The number of nitrogens with zero attached hydrogens (tertiary/aromatic N) is 3. The first-order valence-electron chi connectivity index (χ1n) is 15.7. The Morgan fingerprint density at radius 1 is 0.651 bits per heavy atom. The van der Waals surface area contributed by atoms with Gasteiger partial charge in [-0.15, -0.1) is 0 Å². The number of aromatic nitrogens is 3. The average molecular weight is 574 g/mol. The summed E-state index contributed by atoms with van der Waals surface area (Å²) in [5.41, 5.74) is 2.93. The van der Waals surface area contributed by atoms with E-state index in [9.17, 15) is 5.11 Å². The fourth-order valence-electron chi connectivity index (χ4n) is 5.77. The van der Waals surface area contributed by atoms with E-state index in [1.165, 1.54) is 56.8 Å². The predicted molar refractivity (Wildman–Crippen MR) is 174 cm³/mol. The monoisotopic (exact) mass is 573 g/mol. The van der Waals surface area contributed by atoms with Crippen molar-refractivity contribution < 1.29 is 14.3 Å². The summed E-state index contributed by atoms with van der Waals surface area (Å²) in [6.07, 6.45) is 12.6. The molecule has 0 atom stereocenters.